The first kappa shape index (κ1) is 16.8. The van der Waals surface area contributed by atoms with Crippen LogP contribution in [0.1, 0.15) is 5.56 Å². The van der Waals surface area contributed by atoms with Gasteiger partial charge >= 0.3 is 0 Å². The summed E-state index contributed by atoms with van der Waals surface area (Å²) >= 11 is 0. The van der Waals surface area contributed by atoms with Gasteiger partial charge in [-0.15, -0.1) is 0 Å². The van der Waals surface area contributed by atoms with Crippen LogP contribution in [0.3, 0.4) is 0 Å². The van der Waals surface area contributed by atoms with Crippen molar-refractivity contribution in [3.63, 3.8) is 0 Å². The van der Waals surface area contributed by atoms with Gasteiger partial charge in [-0.1, -0.05) is 24.3 Å². The summed E-state index contributed by atoms with van der Waals surface area (Å²) in [5.41, 5.74) is 5.30. The van der Waals surface area contributed by atoms with E-state index in [-0.39, 0.29) is 13.6 Å². The zero-order chi connectivity index (χ0) is 20.4. The number of para-hydroxylation sites is 1. The van der Waals surface area contributed by atoms with Crippen LogP contribution in [-0.2, 0) is 13.0 Å². The fraction of sp³-hybridized carbons (Fsp3) is 0.160. The van der Waals surface area contributed by atoms with Crippen molar-refractivity contribution in [2.24, 2.45) is 4.99 Å². The monoisotopic (exact) mass is 410 g/mol. The molecule has 0 saturated heterocycles. The largest absolute Gasteiger partial charge is 0.454 e. The van der Waals surface area contributed by atoms with Crippen molar-refractivity contribution in [3.8, 4) is 34.3 Å². The molecule has 0 amide bonds. The molecule has 0 unspecified atom stereocenters. The Balaban J connectivity index is 1.59. The molecule has 4 aromatic rings. The Labute approximate surface area is 177 Å². The smallest absolute Gasteiger partial charge is 0.231 e. The van der Waals surface area contributed by atoms with Crippen molar-refractivity contribution in [2.75, 3.05) is 13.6 Å². The minimum absolute atomic E-state index is 0.229. The third-order valence-corrected chi connectivity index (χ3v) is 6.10. The van der Waals surface area contributed by atoms with E-state index in [1.165, 1.54) is 5.56 Å². The number of aromatic nitrogens is 1. The number of benzene rings is 3. The van der Waals surface area contributed by atoms with Gasteiger partial charge in [-0.05, 0) is 53.8 Å². The first-order chi connectivity index (χ1) is 15.3. The van der Waals surface area contributed by atoms with Gasteiger partial charge < -0.3 is 23.5 Å². The summed E-state index contributed by atoms with van der Waals surface area (Å²) in [4.78, 5) is 5.08. The van der Waals surface area contributed by atoms with E-state index in [1.54, 1.807) is 0 Å². The number of aryl methyl sites for hydroxylation is 1. The highest BCUT2D eigenvalue weighted by atomic mass is 16.7. The maximum atomic E-state index is 5.88. The van der Waals surface area contributed by atoms with Gasteiger partial charge in [0.25, 0.3) is 0 Å². The Hall–Kier alpha value is -3.93. The highest BCUT2D eigenvalue weighted by molar-refractivity contribution is 5.93. The zero-order valence-corrected chi connectivity index (χ0v) is 16.6. The topological polar surface area (TPSA) is 54.2 Å². The van der Waals surface area contributed by atoms with E-state index in [9.17, 15) is 0 Å². The molecule has 0 aliphatic carbocycles. The number of pyridine rings is 1. The minimum Gasteiger partial charge on any atom is -0.454 e. The molecule has 0 fully saturated rings. The summed E-state index contributed by atoms with van der Waals surface area (Å²) in [5.74, 6) is 3.14. The van der Waals surface area contributed by atoms with Crippen molar-refractivity contribution in [1.29, 1.82) is 0 Å². The number of fused-ring (bicyclic) bond motifs is 7. The van der Waals surface area contributed by atoms with E-state index in [1.807, 2.05) is 36.4 Å². The van der Waals surface area contributed by atoms with Gasteiger partial charge in [-0.3, -0.25) is 0 Å². The molecule has 0 bridgehead atoms. The van der Waals surface area contributed by atoms with Gasteiger partial charge in [0.15, 0.2) is 23.0 Å². The molecule has 0 atom stereocenters. The molecule has 4 heterocycles. The first-order valence-corrected chi connectivity index (χ1v) is 10.3. The fourth-order valence-corrected chi connectivity index (χ4v) is 4.66. The van der Waals surface area contributed by atoms with E-state index >= 15 is 0 Å². The number of ether oxygens (including phenoxy) is 4. The Morgan fingerprint density at radius 1 is 0.774 bits per heavy atom. The van der Waals surface area contributed by atoms with Crippen molar-refractivity contribution < 1.29 is 18.9 Å². The second kappa shape index (κ2) is 6.28. The molecule has 6 heteroatoms. The zero-order valence-electron chi connectivity index (χ0n) is 16.6. The maximum Gasteiger partial charge on any atom is 0.231 e. The van der Waals surface area contributed by atoms with Crippen LogP contribution in [0.4, 0.5) is 5.69 Å². The molecule has 0 spiro atoms. The van der Waals surface area contributed by atoms with Gasteiger partial charge in [0.05, 0.1) is 16.8 Å². The van der Waals surface area contributed by atoms with Crippen molar-refractivity contribution in [2.45, 2.75) is 13.0 Å². The highest BCUT2D eigenvalue weighted by Crippen LogP contribution is 2.43. The Morgan fingerprint density at radius 2 is 1.58 bits per heavy atom. The molecule has 3 aromatic carbocycles. The van der Waals surface area contributed by atoms with Gasteiger partial charge in [0, 0.05) is 12.1 Å². The number of hydrogen-bond acceptors (Lipinski definition) is 5. The predicted molar refractivity (Wildman–Crippen MR) is 115 cm³/mol. The number of rotatable bonds is 1. The van der Waals surface area contributed by atoms with Crippen LogP contribution in [-0.4, -0.2) is 18.2 Å². The van der Waals surface area contributed by atoms with E-state index in [2.05, 4.69) is 28.8 Å². The highest BCUT2D eigenvalue weighted by Gasteiger charge is 2.26. The lowest BCUT2D eigenvalue weighted by Crippen LogP contribution is -2.27. The van der Waals surface area contributed by atoms with Crippen LogP contribution in [0.15, 0.2) is 65.7 Å². The van der Waals surface area contributed by atoms with Crippen LogP contribution in [0.2, 0.25) is 0 Å². The third kappa shape index (κ3) is 2.48. The van der Waals surface area contributed by atoms with Crippen LogP contribution >= 0.6 is 0 Å². The lowest BCUT2D eigenvalue weighted by atomic mass is 9.95. The molecule has 7 rings (SSSR count). The van der Waals surface area contributed by atoms with Crippen LogP contribution < -0.4 is 24.4 Å². The Kier molecular flexibility index (Phi) is 3.41. The molecule has 31 heavy (non-hydrogen) atoms. The fourth-order valence-electron chi connectivity index (χ4n) is 4.66. The summed E-state index contributed by atoms with van der Waals surface area (Å²) < 4.78 is 25.1. The summed E-state index contributed by atoms with van der Waals surface area (Å²) in [6.45, 7) is 1.31. The molecular weight excluding hydrogens is 392 g/mol. The van der Waals surface area contributed by atoms with Crippen molar-refractivity contribution in [1.82, 2.24) is 4.57 Å². The maximum absolute atomic E-state index is 5.88. The average Bonchev–Trinajstić information content (AvgIpc) is 3.47. The van der Waals surface area contributed by atoms with E-state index in [4.69, 9.17) is 23.9 Å². The van der Waals surface area contributed by atoms with Crippen LogP contribution in [0.25, 0.3) is 22.0 Å². The molecular formula is C25H18N2O4. The molecule has 152 valence electrons. The molecule has 0 N–H and O–H groups in total. The second-order valence-electron chi connectivity index (χ2n) is 7.83. The van der Waals surface area contributed by atoms with E-state index < -0.39 is 0 Å². The van der Waals surface area contributed by atoms with Crippen LogP contribution in [0.5, 0.6) is 23.0 Å². The second-order valence-corrected chi connectivity index (χ2v) is 7.83. The SMILES string of the molecule is c1ccc(N=c2c3c4c(ccc3cc3n2CCc2cc5c(cc2-3)OCO5)OCO4)cc1. The molecule has 3 aliphatic heterocycles. The van der Waals surface area contributed by atoms with E-state index in [0.717, 1.165) is 69.2 Å². The Morgan fingerprint density at radius 3 is 2.48 bits per heavy atom. The summed E-state index contributed by atoms with van der Waals surface area (Å²) in [6, 6.07) is 20.5. The first-order valence-electron chi connectivity index (χ1n) is 10.3. The van der Waals surface area contributed by atoms with Gasteiger partial charge in [-0.2, -0.15) is 0 Å². The summed E-state index contributed by atoms with van der Waals surface area (Å²) in [7, 11) is 0. The quantitative estimate of drug-likeness (QED) is 0.462. The average molecular weight is 410 g/mol. The van der Waals surface area contributed by atoms with Crippen molar-refractivity contribution in [3.05, 3.63) is 71.7 Å². The van der Waals surface area contributed by atoms with Gasteiger partial charge in [0.1, 0.15) is 5.49 Å². The lowest BCUT2D eigenvalue weighted by molar-refractivity contribution is 0.174. The Bertz CT molecular complexity index is 1440. The van der Waals surface area contributed by atoms with Crippen LogP contribution in [0, 0.1) is 0 Å². The molecule has 1 aromatic heterocycles. The normalized spacial score (nSPS) is 15.8. The minimum atomic E-state index is 0.229. The number of nitrogens with zero attached hydrogens (tertiary/aromatic N) is 2. The van der Waals surface area contributed by atoms with Gasteiger partial charge in [0.2, 0.25) is 13.6 Å². The molecule has 6 nitrogen and oxygen atoms in total. The predicted octanol–water partition coefficient (Wildman–Crippen LogP) is 4.55. The third-order valence-electron chi connectivity index (χ3n) is 6.10. The summed E-state index contributed by atoms with van der Waals surface area (Å²) in [5, 5.41) is 2.04. The lowest BCUT2D eigenvalue weighted by Gasteiger charge is -2.24. The summed E-state index contributed by atoms with van der Waals surface area (Å²) in [6.07, 6.45) is 0.888. The van der Waals surface area contributed by atoms with Gasteiger partial charge in [-0.25, -0.2) is 4.99 Å². The number of hydrogen-bond donors (Lipinski definition) is 0. The van der Waals surface area contributed by atoms with E-state index in [0.29, 0.717) is 0 Å². The van der Waals surface area contributed by atoms with Crippen molar-refractivity contribution >= 4 is 16.5 Å². The molecule has 0 saturated carbocycles. The standard InChI is InChI=1S/C25H18N2O4/c1-2-4-17(5-3-1)26-25-23-16(6-7-20-24(23)31-14-28-20)10-19-18-12-22-21(29-13-30-22)11-15(18)8-9-27(19)25/h1-7,10-12H,8-9,13-14H2. The molecule has 0 radical (unpaired) electrons. The molecule has 3 aliphatic rings.